The fraction of sp³-hybridized carbons (Fsp3) is 0.267. The summed E-state index contributed by atoms with van der Waals surface area (Å²) in [5.74, 6) is -0.278. The second-order valence-electron chi connectivity index (χ2n) is 10.9. The number of hydrogen-bond donors (Lipinski definition) is 2. The molecule has 0 saturated heterocycles. The number of anilines is 4. The summed E-state index contributed by atoms with van der Waals surface area (Å²) in [4.78, 5) is 0. The highest BCUT2D eigenvalue weighted by Crippen LogP contribution is 2.49. The SMILES string of the molecule is Cc1ccc(Nc2cc(C(C)(C)C)c(N(c3cc(Cl)c(O)c(Cl)c3)S(=O)(=O)C3CC3)c3ccccc23)cc1. The van der Waals surface area contributed by atoms with Gasteiger partial charge in [0.1, 0.15) is 0 Å². The fourth-order valence-electron chi connectivity index (χ4n) is 4.63. The number of phenolic OH excluding ortho intramolecular Hbond substituents is 1. The van der Waals surface area contributed by atoms with Gasteiger partial charge in [0.2, 0.25) is 10.0 Å². The Bertz CT molecular complexity index is 1620. The number of phenols is 1. The van der Waals surface area contributed by atoms with Crippen molar-refractivity contribution >= 4 is 66.7 Å². The van der Waals surface area contributed by atoms with Crippen molar-refractivity contribution in [3.8, 4) is 5.75 Å². The van der Waals surface area contributed by atoms with E-state index in [0.717, 1.165) is 27.7 Å². The quantitative estimate of drug-likeness (QED) is 0.243. The predicted molar refractivity (Wildman–Crippen MR) is 159 cm³/mol. The van der Waals surface area contributed by atoms with Crippen LogP contribution < -0.4 is 9.62 Å². The molecule has 8 heteroatoms. The van der Waals surface area contributed by atoms with E-state index in [2.05, 4.69) is 26.1 Å². The second-order valence-corrected chi connectivity index (χ2v) is 13.7. The van der Waals surface area contributed by atoms with Gasteiger partial charge in [-0.05, 0) is 61.1 Å². The summed E-state index contributed by atoms with van der Waals surface area (Å²) in [7, 11) is -3.82. The van der Waals surface area contributed by atoms with Gasteiger partial charge in [0.15, 0.2) is 5.75 Å². The molecule has 1 saturated carbocycles. The number of aryl methyl sites for hydroxylation is 1. The number of rotatable bonds is 6. The van der Waals surface area contributed by atoms with E-state index < -0.39 is 20.7 Å². The van der Waals surface area contributed by atoms with E-state index in [0.29, 0.717) is 24.2 Å². The Labute approximate surface area is 234 Å². The lowest BCUT2D eigenvalue weighted by atomic mass is 9.83. The molecular weight excluding hydrogens is 539 g/mol. The maximum absolute atomic E-state index is 14.1. The number of fused-ring (bicyclic) bond motifs is 1. The van der Waals surface area contributed by atoms with Gasteiger partial charge in [0, 0.05) is 22.1 Å². The molecule has 1 aliphatic carbocycles. The summed E-state index contributed by atoms with van der Waals surface area (Å²) in [6, 6.07) is 20.9. The van der Waals surface area contributed by atoms with Crippen LogP contribution in [0.25, 0.3) is 10.8 Å². The van der Waals surface area contributed by atoms with Gasteiger partial charge in [0.25, 0.3) is 0 Å². The predicted octanol–water partition coefficient (Wildman–Crippen LogP) is 8.83. The van der Waals surface area contributed by atoms with Crippen molar-refractivity contribution in [3.05, 3.63) is 87.9 Å². The lowest BCUT2D eigenvalue weighted by Crippen LogP contribution is -2.32. The highest BCUT2D eigenvalue weighted by molar-refractivity contribution is 7.94. The number of aromatic hydroxyl groups is 1. The Kier molecular flexibility index (Phi) is 6.79. The Morgan fingerprint density at radius 1 is 0.921 bits per heavy atom. The largest absolute Gasteiger partial charge is 0.505 e. The standard InChI is InChI=1S/C30H30Cl2N2O3S/c1-18-9-11-19(12-10-18)33-27-17-24(30(2,3)4)28(23-8-6-5-7-22(23)27)34(38(36,37)21-13-14-21)20-15-25(31)29(35)26(32)16-20/h5-12,15-17,21,33,35H,13-14H2,1-4H3. The van der Waals surface area contributed by atoms with Crippen LogP contribution in [-0.4, -0.2) is 18.8 Å². The third-order valence-corrected chi connectivity index (χ3v) is 9.59. The van der Waals surface area contributed by atoms with E-state index in [1.54, 1.807) is 0 Å². The molecule has 38 heavy (non-hydrogen) atoms. The van der Waals surface area contributed by atoms with Crippen LogP contribution in [-0.2, 0) is 15.4 Å². The van der Waals surface area contributed by atoms with Crippen LogP contribution in [0.2, 0.25) is 10.0 Å². The number of benzene rings is 4. The van der Waals surface area contributed by atoms with Gasteiger partial charge < -0.3 is 10.4 Å². The van der Waals surface area contributed by atoms with Gasteiger partial charge in [-0.1, -0.05) is 85.9 Å². The molecular formula is C30H30Cl2N2O3S. The zero-order chi connectivity index (χ0) is 27.4. The second kappa shape index (κ2) is 9.67. The Balaban J connectivity index is 1.84. The van der Waals surface area contributed by atoms with E-state index >= 15 is 0 Å². The zero-order valence-corrected chi connectivity index (χ0v) is 24.0. The van der Waals surface area contributed by atoms with Gasteiger partial charge in [-0.25, -0.2) is 12.7 Å². The number of nitrogens with one attached hydrogen (secondary N) is 1. The average molecular weight is 570 g/mol. The monoisotopic (exact) mass is 568 g/mol. The summed E-state index contributed by atoms with van der Waals surface area (Å²) < 4.78 is 29.6. The molecule has 0 atom stereocenters. The minimum Gasteiger partial charge on any atom is -0.505 e. The number of hydrogen-bond acceptors (Lipinski definition) is 4. The Hall–Kier alpha value is -2.93. The van der Waals surface area contributed by atoms with Crippen LogP contribution in [0.15, 0.2) is 66.7 Å². The first-order chi connectivity index (χ1) is 17.9. The third-order valence-electron chi connectivity index (χ3n) is 6.79. The molecule has 0 radical (unpaired) electrons. The number of sulfonamides is 1. The molecule has 5 rings (SSSR count). The summed E-state index contributed by atoms with van der Waals surface area (Å²) >= 11 is 12.6. The Morgan fingerprint density at radius 3 is 2.05 bits per heavy atom. The highest BCUT2D eigenvalue weighted by atomic mass is 35.5. The van der Waals surface area contributed by atoms with Gasteiger partial charge in [-0.15, -0.1) is 0 Å². The lowest BCUT2D eigenvalue weighted by Gasteiger charge is -2.33. The molecule has 0 spiro atoms. The smallest absolute Gasteiger partial charge is 0.242 e. The average Bonchev–Trinajstić information content (AvgIpc) is 3.71. The topological polar surface area (TPSA) is 69.6 Å². The molecule has 0 bridgehead atoms. The molecule has 5 nitrogen and oxygen atoms in total. The Morgan fingerprint density at radius 2 is 1.50 bits per heavy atom. The molecule has 4 aromatic carbocycles. The van der Waals surface area contributed by atoms with Gasteiger partial charge in [0.05, 0.1) is 26.7 Å². The summed E-state index contributed by atoms with van der Waals surface area (Å²) in [5, 5.41) is 14.9. The lowest BCUT2D eigenvalue weighted by molar-refractivity contribution is 0.476. The van der Waals surface area contributed by atoms with Crippen LogP contribution >= 0.6 is 23.2 Å². The van der Waals surface area contributed by atoms with Gasteiger partial charge in [-0.3, -0.25) is 0 Å². The maximum Gasteiger partial charge on any atom is 0.242 e. The first-order valence-corrected chi connectivity index (χ1v) is 14.8. The van der Waals surface area contributed by atoms with Crippen molar-refractivity contribution in [3.63, 3.8) is 0 Å². The van der Waals surface area contributed by atoms with Gasteiger partial charge >= 0.3 is 0 Å². The molecule has 0 aliphatic heterocycles. The molecule has 0 heterocycles. The van der Waals surface area contributed by atoms with E-state index in [1.165, 1.54) is 22.0 Å². The molecule has 2 N–H and O–H groups in total. The first kappa shape index (κ1) is 26.7. The third kappa shape index (κ3) is 4.93. The van der Waals surface area contributed by atoms with Crippen molar-refractivity contribution in [1.29, 1.82) is 0 Å². The van der Waals surface area contributed by atoms with Crippen LogP contribution in [0.4, 0.5) is 22.7 Å². The van der Waals surface area contributed by atoms with E-state index in [4.69, 9.17) is 23.2 Å². The van der Waals surface area contributed by atoms with Crippen LogP contribution in [0.1, 0.15) is 44.7 Å². The number of halogens is 2. The summed E-state index contributed by atoms with van der Waals surface area (Å²) in [5.41, 5.74) is 4.25. The summed E-state index contributed by atoms with van der Waals surface area (Å²) in [6.45, 7) is 8.24. The van der Waals surface area contributed by atoms with Crippen molar-refractivity contribution in [2.24, 2.45) is 0 Å². The van der Waals surface area contributed by atoms with Gasteiger partial charge in [-0.2, -0.15) is 0 Å². The van der Waals surface area contributed by atoms with Crippen LogP contribution in [0, 0.1) is 6.92 Å². The van der Waals surface area contributed by atoms with E-state index in [9.17, 15) is 13.5 Å². The molecule has 1 aliphatic rings. The normalized spacial score (nSPS) is 14.1. The summed E-state index contributed by atoms with van der Waals surface area (Å²) in [6.07, 6.45) is 1.18. The molecule has 0 amide bonds. The molecule has 0 unspecified atom stereocenters. The highest BCUT2D eigenvalue weighted by Gasteiger charge is 2.43. The molecule has 1 fully saturated rings. The van der Waals surface area contributed by atoms with E-state index in [1.807, 2.05) is 61.5 Å². The number of nitrogens with zero attached hydrogens (tertiary/aromatic N) is 1. The minimum atomic E-state index is -3.82. The van der Waals surface area contributed by atoms with Crippen LogP contribution in [0.5, 0.6) is 5.75 Å². The minimum absolute atomic E-state index is 0.0113. The van der Waals surface area contributed by atoms with E-state index in [-0.39, 0.29) is 15.8 Å². The fourth-order valence-corrected chi connectivity index (χ4v) is 6.99. The van der Waals surface area contributed by atoms with Crippen molar-refractivity contribution in [2.75, 3.05) is 9.62 Å². The van der Waals surface area contributed by atoms with Crippen molar-refractivity contribution < 1.29 is 13.5 Å². The first-order valence-electron chi connectivity index (χ1n) is 12.5. The zero-order valence-electron chi connectivity index (χ0n) is 21.7. The molecule has 198 valence electrons. The van der Waals surface area contributed by atoms with Crippen molar-refractivity contribution in [2.45, 2.75) is 51.2 Å². The maximum atomic E-state index is 14.1. The molecule has 0 aromatic heterocycles. The van der Waals surface area contributed by atoms with Crippen LogP contribution in [0.3, 0.4) is 0 Å². The molecule has 4 aromatic rings. The van der Waals surface area contributed by atoms with Crippen molar-refractivity contribution in [1.82, 2.24) is 0 Å².